The van der Waals surface area contributed by atoms with Gasteiger partial charge in [-0.25, -0.2) is 18.0 Å². The molecule has 1 amide bonds. The Morgan fingerprint density at radius 3 is 2.08 bits per heavy atom. The summed E-state index contributed by atoms with van der Waals surface area (Å²) < 4.78 is 72.7. The number of halogens is 5. The van der Waals surface area contributed by atoms with Gasteiger partial charge < -0.3 is 19.5 Å². The molecule has 0 bridgehead atoms. The van der Waals surface area contributed by atoms with Gasteiger partial charge in [-0.15, -0.1) is 0 Å². The standard InChI is InChI=1S/C27H29F5N2O4/c1-7-8-16-11-17(25(35)38-24-22(31)20(29)19(28)21(30)23(24)32)9-10-18(16)33-12-15(3)34(26(36)37,13-14(33)2)27(4,5)6/h7-11,14-15H,12-13H2,1-6H3/b8-7-/t14-,15+,34?/m0/s1. The van der Waals surface area contributed by atoms with Crippen molar-refractivity contribution in [1.29, 1.82) is 0 Å². The highest BCUT2D eigenvalue weighted by Crippen LogP contribution is 2.37. The topological polar surface area (TPSA) is 69.7 Å². The molecular formula is C27H29F5N2O4. The van der Waals surface area contributed by atoms with Gasteiger partial charge in [0.05, 0.1) is 23.7 Å². The first-order valence-electron chi connectivity index (χ1n) is 11.9. The van der Waals surface area contributed by atoms with Gasteiger partial charge in [-0.2, -0.15) is 8.78 Å². The number of hydrogen-bond donors (Lipinski definition) is 0. The average molecular weight is 541 g/mol. The predicted molar refractivity (Wildman–Crippen MR) is 129 cm³/mol. The van der Waals surface area contributed by atoms with Crippen LogP contribution in [0.15, 0.2) is 24.3 Å². The molecule has 1 fully saturated rings. The van der Waals surface area contributed by atoms with Crippen LogP contribution in [0.25, 0.3) is 6.08 Å². The maximum absolute atomic E-state index is 14.0. The van der Waals surface area contributed by atoms with Crippen molar-refractivity contribution in [2.24, 2.45) is 0 Å². The Morgan fingerprint density at radius 1 is 1.03 bits per heavy atom. The van der Waals surface area contributed by atoms with Gasteiger partial charge in [0.25, 0.3) is 6.09 Å². The molecule has 0 aliphatic carbocycles. The molecule has 1 unspecified atom stereocenters. The zero-order valence-electron chi connectivity index (χ0n) is 21.9. The summed E-state index contributed by atoms with van der Waals surface area (Å²) in [4.78, 5) is 27.0. The minimum atomic E-state index is -2.36. The van der Waals surface area contributed by atoms with Crippen molar-refractivity contribution in [3.63, 3.8) is 0 Å². The normalized spacial score (nSPS) is 22.1. The van der Waals surface area contributed by atoms with E-state index < -0.39 is 52.4 Å². The maximum Gasteiger partial charge on any atom is 0.343 e. The molecule has 0 radical (unpaired) electrons. The van der Waals surface area contributed by atoms with Crippen LogP contribution in [0.4, 0.5) is 32.4 Å². The van der Waals surface area contributed by atoms with E-state index in [9.17, 15) is 36.6 Å². The fraction of sp³-hybridized carbons (Fsp3) is 0.407. The van der Waals surface area contributed by atoms with Gasteiger partial charge in [0.2, 0.25) is 34.8 Å². The van der Waals surface area contributed by atoms with Crippen molar-refractivity contribution in [2.75, 3.05) is 18.0 Å². The number of carboxylic acid groups (broad SMARTS) is 1. The van der Waals surface area contributed by atoms with Crippen LogP contribution in [0.3, 0.4) is 0 Å². The fourth-order valence-electron chi connectivity index (χ4n) is 5.18. The first-order valence-corrected chi connectivity index (χ1v) is 11.9. The molecule has 3 rings (SSSR count). The van der Waals surface area contributed by atoms with Crippen LogP contribution in [0, 0.1) is 29.1 Å². The number of benzene rings is 2. The number of amides is 1. The van der Waals surface area contributed by atoms with Crippen molar-refractivity contribution < 1.29 is 45.9 Å². The molecule has 1 heterocycles. The Kier molecular flexibility index (Phi) is 7.93. The van der Waals surface area contributed by atoms with Crippen LogP contribution >= 0.6 is 0 Å². The average Bonchev–Trinajstić information content (AvgIpc) is 2.84. The number of carbonyl (C=O) groups excluding carboxylic acids is 2. The van der Waals surface area contributed by atoms with Crippen LogP contribution < -0.4 is 14.7 Å². The molecule has 0 N–H and O–H groups in total. The number of quaternary nitrogens is 1. The lowest BCUT2D eigenvalue weighted by Crippen LogP contribution is -2.78. The minimum Gasteiger partial charge on any atom is -0.498 e. The summed E-state index contributed by atoms with van der Waals surface area (Å²) in [6.07, 6.45) is 2.19. The molecule has 1 aliphatic heterocycles. The van der Waals surface area contributed by atoms with Crippen molar-refractivity contribution in [2.45, 2.75) is 59.2 Å². The van der Waals surface area contributed by atoms with Crippen molar-refractivity contribution in [3.05, 3.63) is 64.5 Å². The molecule has 0 aromatic heterocycles. The predicted octanol–water partition coefficient (Wildman–Crippen LogP) is 5.19. The molecule has 6 nitrogen and oxygen atoms in total. The van der Waals surface area contributed by atoms with Gasteiger partial charge in [-0.1, -0.05) is 12.2 Å². The second-order valence-electron chi connectivity index (χ2n) is 10.4. The molecule has 3 atom stereocenters. The smallest absolute Gasteiger partial charge is 0.343 e. The number of anilines is 1. The SMILES string of the molecule is C/C=C\c1cc(C(=O)Oc2c(F)c(F)c(F)c(F)c2F)ccc1N1C[C@@H](C)[N+](C(=O)[O-])(C(C)(C)C)C[C@@H]1C. The summed E-state index contributed by atoms with van der Waals surface area (Å²) in [5.41, 5.74) is 0.323. The Morgan fingerprint density at radius 2 is 1.58 bits per heavy atom. The van der Waals surface area contributed by atoms with Gasteiger partial charge in [0, 0.05) is 5.69 Å². The Balaban J connectivity index is 1.98. The number of ether oxygens (including phenoxy) is 1. The van der Waals surface area contributed by atoms with Gasteiger partial charge in [-0.3, -0.25) is 4.48 Å². The van der Waals surface area contributed by atoms with E-state index in [0.29, 0.717) is 17.8 Å². The van der Waals surface area contributed by atoms with Crippen molar-refractivity contribution in [3.8, 4) is 5.75 Å². The Bertz CT molecular complexity index is 1280. The van der Waals surface area contributed by atoms with Crippen LogP contribution in [-0.4, -0.2) is 47.3 Å². The number of nitrogens with zero attached hydrogens (tertiary/aromatic N) is 2. The van der Waals surface area contributed by atoms with Crippen LogP contribution in [-0.2, 0) is 0 Å². The van der Waals surface area contributed by atoms with E-state index in [-0.39, 0.29) is 28.7 Å². The third-order valence-corrected chi connectivity index (χ3v) is 7.10. The molecule has 38 heavy (non-hydrogen) atoms. The largest absolute Gasteiger partial charge is 0.498 e. The highest BCUT2D eigenvalue weighted by atomic mass is 19.2. The number of piperazine rings is 1. The number of rotatable bonds is 4. The van der Waals surface area contributed by atoms with E-state index in [0.717, 1.165) is 0 Å². The summed E-state index contributed by atoms with van der Waals surface area (Å²) >= 11 is 0. The highest BCUT2D eigenvalue weighted by molar-refractivity contribution is 5.93. The molecule has 1 saturated heterocycles. The zero-order valence-corrected chi connectivity index (χ0v) is 21.9. The molecule has 0 spiro atoms. The Labute approximate surface area is 217 Å². The quantitative estimate of drug-likeness (QED) is 0.133. The van der Waals surface area contributed by atoms with E-state index in [1.165, 1.54) is 12.1 Å². The summed E-state index contributed by atoms with van der Waals surface area (Å²) in [5.74, 6) is -14.4. The van der Waals surface area contributed by atoms with Gasteiger partial charge in [0.1, 0.15) is 12.6 Å². The monoisotopic (exact) mass is 540 g/mol. The van der Waals surface area contributed by atoms with E-state index in [1.807, 2.05) is 39.5 Å². The van der Waals surface area contributed by atoms with E-state index in [2.05, 4.69) is 4.74 Å². The second-order valence-corrected chi connectivity index (χ2v) is 10.4. The molecular weight excluding hydrogens is 511 g/mol. The molecule has 11 heteroatoms. The van der Waals surface area contributed by atoms with E-state index in [4.69, 9.17) is 0 Å². The van der Waals surface area contributed by atoms with Gasteiger partial charge >= 0.3 is 5.97 Å². The molecule has 206 valence electrons. The Hall–Kier alpha value is -3.47. The molecule has 0 saturated carbocycles. The van der Waals surface area contributed by atoms with E-state index >= 15 is 0 Å². The first kappa shape index (κ1) is 29.1. The lowest BCUT2D eigenvalue weighted by Gasteiger charge is -2.58. The van der Waals surface area contributed by atoms with Gasteiger partial charge in [-0.05, 0) is 65.3 Å². The summed E-state index contributed by atoms with van der Waals surface area (Å²) in [5, 5.41) is 12.3. The number of hydrogen-bond acceptors (Lipinski definition) is 5. The van der Waals surface area contributed by atoms with Crippen LogP contribution in [0.5, 0.6) is 5.75 Å². The highest BCUT2D eigenvalue weighted by Gasteiger charge is 2.52. The van der Waals surface area contributed by atoms with E-state index in [1.54, 1.807) is 25.1 Å². The third kappa shape index (κ3) is 4.75. The maximum atomic E-state index is 14.0. The third-order valence-electron chi connectivity index (χ3n) is 7.10. The van der Waals surface area contributed by atoms with Crippen molar-refractivity contribution >= 4 is 23.8 Å². The summed E-state index contributed by atoms with van der Waals surface area (Å²) in [6, 6.07) is 3.59. The van der Waals surface area contributed by atoms with Crippen LogP contribution in [0.1, 0.15) is 57.5 Å². The lowest BCUT2D eigenvalue weighted by atomic mass is 9.92. The molecule has 2 aromatic rings. The molecule has 1 aliphatic rings. The van der Waals surface area contributed by atoms with Crippen LogP contribution in [0.2, 0.25) is 0 Å². The lowest BCUT2D eigenvalue weighted by molar-refractivity contribution is -0.942. The first-order chi connectivity index (χ1) is 17.6. The zero-order chi connectivity index (χ0) is 28.7. The summed E-state index contributed by atoms with van der Waals surface area (Å²) in [6.45, 7) is 11.5. The van der Waals surface area contributed by atoms with Crippen molar-refractivity contribution in [1.82, 2.24) is 0 Å². The number of carbonyl (C=O) groups is 2. The fourth-order valence-corrected chi connectivity index (χ4v) is 5.18. The number of esters is 1. The second kappa shape index (κ2) is 10.4. The number of allylic oxidation sites excluding steroid dienone is 1. The minimum absolute atomic E-state index is 0.196. The summed E-state index contributed by atoms with van der Waals surface area (Å²) in [7, 11) is 0. The molecule has 2 aromatic carbocycles. The van der Waals surface area contributed by atoms with Gasteiger partial charge in [0.15, 0.2) is 0 Å².